The monoisotopic (exact) mass is 395 g/mol. The maximum Gasteiger partial charge on any atom is 0.407 e. The minimum absolute atomic E-state index is 0.405. The van der Waals surface area contributed by atoms with E-state index in [4.69, 9.17) is 9.47 Å². The van der Waals surface area contributed by atoms with Gasteiger partial charge in [-0.15, -0.1) is 0 Å². The van der Waals surface area contributed by atoms with E-state index in [1.165, 1.54) is 27.6 Å². The molecule has 4 nitrogen and oxygen atoms in total. The summed E-state index contributed by atoms with van der Waals surface area (Å²) >= 11 is 0. The summed E-state index contributed by atoms with van der Waals surface area (Å²) in [5, 5.41) is 4.92. The maximum atomic E-state index is 12.1. The number of amides is 1. The van der Waals surface area contributed by atoms with Gasteiger partial charge in [-0.05, 0) is 102 Å². The van der Waals surface area contributed by atoms with Crippen LogP contribution in [-0.2, 0) is 10.3 Å². The normalized spacial score (nSPS) is 15.1. The fourth-order valence-corrected chi connectivity index (χ4v) is 4.60. The summed E-state index contributed by atoms with van der Waals surface area (Å²) < 4.78 is 12.3. The molecule has 29 heavy (non-hydrogen) atoms. The van der Waals surface area contributed by atoms with Crippen LogP contribution < -0.4 is 10.1 Å². The molecule has 0 saturated carbocycles. The molecule has 0 bridgehead atoms. The summed E-state index contributed by atoms with van der Waals surface area (Å²) in [5.74, 6) is 0.880. The Hall–Kier alpha value is -2.49. The van der Waals surface area contributed by atoms with Gasteiger partial charge in [0.05, 0.1) is 0 Å². The summed E-state index contributed by atoms with van der Waals surface area (Å²) in [6.07, 6.45) is 3.75. The molecule has 2 aromatic carbocycles. The second kappa shape index (κ2) is 6.79. The first kappa shape index (κ1) is 21.2. The van der Waals surface area contributed by atoms with Gasteiger partial charge in [-0.3, -0.25) is 0 Å². The summed E-state index contributed by atoms with van der Waals surface area (Å²) in [4.78, 5) is 12.1. The largest absolute Gasteiger partial charge is 0.482 e. The van der Waals surface area contributed by atoms with Crippen LogP contribution in [0, 0.1) is 34.6 Å². The van der Waals surface area contributed by atoms with Crippen LogP contribution in [0.1, 0.15) is 66.6 Å². The fraction of sp³-hybridized carbons (Fsp3) is 0.480. The Morgan fingerprint density at radius 2 is 1.52 bits per heavy atom. The van der Waals surface area contributed by atoms with Gasteiger partial charge < -0.3 is 14.8 Å². The molecule has 156 valence electrons. The number of carbonyl (C=O) groups is 1. The number of carbonyl (C=O) groups excluding carboxylic acids is 1. The van der Waals surface area contributed by atoms with Crippen LogP contribution in [-0.4, -0.2) is 18.7 Å². The number of aryl methyl sites for hydroxylation is 3. The molecular formula is C25H33NO3. The second-order valence-electron chi connectivity index (χ2n) is 9.18. The van der Waals surface area contributed by atoms with E-state index in [9.17, 15) is 4.79 Å². The molecule has 0 radical (unpaired) electrons. The topological polar surface area (TPSA) is 47.6 Å². The molecule has 0 unspecified atom stereocenters. The molecule has 1 N–H and O–H groups in total. The SMILES string of the molecule is CNC(=O)OC(C)(C)c1c2c(c3c(C)c(C)c(C)c(C)c3c1C)OC(C)(C)C=C2. The van der Waals surface area contributed by atoms with Gasteiger partial charge in [-0.25, -0.2) is 4.79 Å². The third kappa shape index (κ3) is 3.29. The molecule has 1 aliphatic heterocycles. The highest BCUT2D eigenvalue weighted by atomic mass is 16.6. The number of benzene rings is 2. The van der Waals surface area contributed by atoms with Crippen molar-refractivity contribution in [1.82, 2.24) is 5.32 Å². The number of rotatable bonds is 2. The molecule has 0 saturated heterocycles. The molecule has 0 spiro atoms. The Morgan fingerprint density at radius 3 is 2.07 bits per heavy atom. The summed E-state index contributed by atoms with van der Waals surface area (Å²) in [5.41, 5.74) is 6.95. The van der Waals surface area contributed by atoms with E-state index in [1.807, 2.05) is 13.8 Å². The average molecular weight is 396 g/mol. The Labute approximate surface area is 174 Å². The fourth-order valence-electron chi connectivity index (χ4n) is 4.60. The average Bonchev–Trinajstić information content (AvgIpc) is 2.62. The standard InChI is InChI=1S/C25H33NO3/c1-13-14(2)16(4)20-19(15(13)3)17(5)21(25(8,9)29-23(27)26-10)18-11-12-24(6,7)28-22(18)20/h11-12H,1-10H3,(H,26,27). The zero-order valence-corrected chi connectivity index (χ0v) is 19.4. The second-order valence-corrected chi connectivity index (χ2v) is 9.18. The van der Waals surface area contributed by atoms with E-state index in [-0.39, 0.29) is 0 Å². The van der Waals surface area contributed by atoms with Gasteiger partial charge in [0, 0.05) is 23.6 Å². The van der Waals surface area contributed by atoms with E-state index >= 15 is 0 Å². The number of hydrogen-bond donors (Lipinski definition) is 1. The van der Waals surface area contributed by atoms with Crippen LogP contribution in [0.25, 0.3) is 16.8 Å². The molecule has 4 heteroatoms. The minimum Gasteiger partial charge on any atom is -0.482 e. The molecule has 1 heterocycles. The summed E-state index contributed by atoms with van der Waals surface area (Å²) in [6, 6.07) is 0. The smallest absolute Gasteiger partial charge is 0.407 e. The van der Waals surface area contributed by atoms with E-state index in [1.54, 1.807) is 7.05 Å². The highest BCUT2D eigenvalue weighted by molar-refractivity contribution is 6.02. The van der Waals surface area contributed by atoms with Crippen LogP contribution >= 0.6 is 0 Å². The summed E-state index contributed by atoms with van der Waals surface area (Å²) in [6.45, 7) is 18.8. The van der Waals surface area contributed by atoms with Crippen molar-refractivity contribution < 1.29 is 14.3 Å². The van der Waals surface area contributed by atoms with E-state index in [2.05, 4.69) is 65.9 Å². The molecule has 1 amide bonds. The highest BCUT2D eigenvalue weighted by Gasteiger charge is 2.36. The minimum atomic E-state index is -0.823. The van der Waals surface area contributed by atoms with E-state index in [0.717, 1.165) is 27.8 Å². The van der Waals surface area contributed by atoms with Gasteiger partial charge in [0.25, 0.3) is 0 Å². The van der Waals surface area contributed by atoms with Crippen LogP contribution in [0.15, 0.2) is 6.08 Å². The highest BCUT2D eigenvalue weighted by Crippen LogP contribution is 2.48. The van der Waals surface area contributed by atoms with E-state index in [0.29, 0.717) is 0 Å². The van der Waals surface area contributed by atoms with Gasteiger partial charge >= 0.3 is 6.09 Å². The predicted molar refractivity (Wildman–Crippen MR) is 120 cm³/mol. The number of ether oxygens (including phenoxy) is 2. The first-order valence-corrected chi connectivity index (χ1v) is 10.2. The molecule has 0 fully saturated rings. The first-order valence-electron chi connectivity index (χ1n) is 10.2. The van der Waals surface area contributed by atoms with E-state index < -0.39 is 17.3 Å². The van der Waals surface area contributed by atoms with Crippen molar-refractivity contribution in [1.29, 1.82) is 0 Å². The molecule has 0 aromatic heterocycles. The van der Waals surface area contributed by atoms with Gasteiger partial charge in [-0.2, -0.15) is 0 Å². The Kier molecular flexibility index (Phi) is 4.97. The first-order chi connectivity index (χ1) is 13.3. The zero-order chi connectivity index (χ0) is 21.9. The number of nitrogens with one attached hydrogen (secondary N) is 1. The Bertz CT molecular complexity index is 1060. The molecule has 0 aliphatic carbocycles. The van der Waals surface area contributed by atoms with Crippen molar-refractivity contribution >= 4 is 22.9 Å². The van der Waals surface area contributed by atoms with Crippen LogP contribution in [0.4, 0.5) is 4.79 Å². The van der Waals surface area contributed by atoms with Gasteiger partial charge in [0.2, 0.25) is 0 Å². The molecule has 1 aliphatic rings. The van der Waals surface area contributed by atoms with Crippen LogP contribution in [0.5, 0.6) is 5.75 Å². The number of fused-ring (bicyclic) bond motifs is 3. The lowest BCUT2D eigenvalue weighted by Gasteiger charge is -2.36. The van der Waals surface area contributed by atoms with Crippen molar-refractivity contribution in [2.24, 2.45) is 0 Å². The van der Waals surface area contributed by atoms with Gasteiger partial charge in [0.1, 0.15) is 17.0 Å². The Balaban J connectivity index is 2.52. The lowest BCUT2D eigenvalue weighted by molar-refractivity contribution is 0.0367. The third-order valence-corrected chi connectivity index (χ3v) is 6.35. The van der Waals surface area contributed by atoms with Crippen molar-refractivity contribution in [2.75, 3.05) is 7.05 Å². The molecule has 3 rings (SSSR count). The van der Waals surface area contributed by atoms with Gasteiger partial charge in [-0.1, -0.05) is 6.08 Å². The van der Waals surface area contributed by atoms with Crippen molar-refractivity contribution in [2.45, 2.75) is 73.5 Å². The van der Waals surface area contributed by atoms with Crippen LogP contribution in [0.2, 0.25) is 0 Å². The predicted octanol–water partition coefficient (Wildman–Crippen LogP) is 6.16. The quantitative estimate of drug-likeness (QED) is 0.663. The van der Waals surface area contributed by atoms with Gasteiger partial charge in [0.15, 0.2) is 0 Å². The zero-order valence-electron chi connectivity index (χ0n) is 19.4. The van der Waals surface area contributed by atoms with Crippen LogP contribution in [0.3, 0.4) is 0 Å². The Morgan fingerprint density at radius 1 is 0.966 bits per heavy atom. The lowest BCUT2D eigenvalue weighted by atomic mass is 9.79. The molecule has 0 atom stereocenters. The van der Waals surface area contributed by atoms with Crippen molar-refractivity contribution in [3.8, 4) is 5.75 Å². The third-order valence-electron chi connectivity index (χ3n) is 6.35. The number of hydrogen-bond acceptors (Lipinski definition) is 3. The maximum absolute atomic E-state index is 12.1. The molecule has 2 aromatic rings. The summed E-state index contributed by atoms with van der Waals surface area (Å²) in [7, 11) is 1.58. The number of alkyl carbamates (subject to hydrolysis) is 1. The van der Waals surface area contributed by atoms with Crippen molar-refractivity contribution in [3.63, 3.8) is 0 Å². The lowest BCUT2D eigenvalue weighted by Crippen LogP contribution is -2.34. The van der Waals surface area contributed by atoms with Crippen molar-refractivity contribution in [3.05, 3.63) is 45.0 Å². The molecular weight excluding hydrogens is 362 g/mol.